The van der Waals surface area contributed by atoms with Crippen LogP contribution in [0, 0.1) is 11.3 Å². The summed E-state index contributed by atoms with van der Waals surface area (Å²) in [6.45, 7) is 1.85. The van der Waals surface area contributed by atoms with Gasteiger partial charge in [0.05, 0.1) is 13.2 Å². The second-order valence-electron chi connectivity index (χ2n) is 5.21. The summed E-state index contributed by atoms with van der Waals surface area (Å²) in [7, 11) is 1.45. The molecule has 0 aliphatic carbocycles. The Morgan fingerprint density at radius 3 is 2.58 bits per heavy atom. The van der Waals surface area contributed by atoms with Gasteiger partial charge in [0.15, 0.2) is 11.5 Å². The largest absolute Gasteiger partial charge is 0.504 e. The highest BCUT2D eigenvalue weighted by atomic mass is 16.5. The number of aromatic hydroxyl groups is 1. The summed E-state index contributed by atoms with van der Waals surface area (Å²) in [5, 5.41) is 21.8. The SMILES string of the molecule is COc1ccc(/C=C(\C#N)C(=O)N[C@@H](C)c2ccccc2)cc1O. The molecule has 2 rings (SSSR count). The number of hydrogen-bond donors (Lipinski definition) is 2. The molecule has 5 nitrogen and oxygen atoms in total. The molecular weight excluding hydrogens is 304 g/mol. The van der Waals surface area contributed by atoms with Gasteiger partial charge in [0, 0.05) is 0 Å². The Labute approximate surface area is 140 Å². The number of phenolic OH excluding ortho intramolecular Hbond substituents is 1. The van der Waals surface area contributed by atoms with Crippen LogP contribution in [0.25, 0.3) is 6.08 Å². The Hall–Kier alpha value is -3.26. The van der Waals surface area contributed by atoms with E-state index < -0.39 is 5.91 Å². The number of amides is 1. The van der Waals surface area contributed by atoms with E-state index in [0.717, 1.165) is 5.56 Å². The highest BCUT2D eigenvalue weighted by Crippen LogP contribution is 2.27. The van der Waals surface area contributed by atoms with Crippen LogP contribution in [0.2, 0.25) is 0 Å². The van der Waals surface area contributed by atoms with Crippen molar-refractivity contribution in [2.45, 2.75) is 13.0 Å². The highest BCUT2D eigenvalue weighted by Gasteiger charge is 2.14. The van der Waals surface area contributed by atoms with Crippen LogP contribution in [-0.4, -0.2) is 18.1 Å². The van der Waals surface area contributed by atoms with E-state index in [1.165, 1.54) is 19.3 Å². The fourth-order valence-electron chi connectivity index (χ4n) is 2.21. The number of methoxy groups -OCH3 is 1. The lowest BCUT2D eigenvalue weighted by molar-refractivity contribution is -0.117. The molecule has 2 aromatic rings. The second-order valence-corrected chi connectivity index (χ2v) is 5.21. The fourth-order valence-corrected chi connectivity index (χ4v) is 2.21. The van der Waals surface area contributed by atoms with E-state index in [1.807, 2.05) is 43.3 Å². The van der Waals surface area contributed by atoms with Crippen LogP contribution in [-0.2, 0) is 4.79 Å². The summed E-state index contributed by atoms with van der Waals surface area (Å²) in [6.07, 6.45) is 1.42. The maximum Gasteiger partial charge on any atom is 0.262 e. The molecule has 2 N–H and O–H groups in total. The maximum absolute atomic E-state index is 12.3. The minimum atomic E-state index is -0.468. The average molecular weight is 322 g/mol. The smallest absolute Gasteiger partial charge is 0.262 e. The van der Waals surface area contributed by atoms with Gasteiger partial charge in [-0.05, 0) is 36.3 Å². The molecule has 0 heterocycles. The first kappa shape index (κ1) is 17.1. The van der Waals surface area contributed by atoms with E-state index >= 15 is 0 Å². The van der Waals surface area contributed by atoms with E-state index in [1.54, 1.807) is 12.1 Å². The van der Waals surface area contributed by atoms with Gasteiger partial charge in [-0.1, -0.05) is 36.4 Å². The van der Waals surface area contributed by atoms with Gasteiger partial charge < -0.3 is 15.2 Å². The van der Waals surface area contributed by atoms with Crippen molar-refractivity contribution in [3.05, 3.63) is 65.2 Å². The van der Waals surface area contributed by atoms with Gasteiger partial charge in [0.25, 0.3) is 5.91 Å². The zero-order valence-electron chi connectivity index (χ0n) is 13.5. The molecule has 0 unspecified atom stereocenters. The first-order valence-electron chi connectivity index (χ1n) is 7.39. The molecule has 122 valence electrons. The van der Waals surface area contributed by atoms with Crippen molar-refractivity contribution in [1.82, 2.24) is 5.32 Å². The molecule has 2 aromatic carbocycles. The zero-order chi connectivity index (χ0) is 17.5. The van der Waals surface area contributed by atoms with Crippen LogP contribution >= 0.6 is 0 Å². The topological polar surface area (TPSA) is 82.3 Å². The molecular formula is C19H18N2O3. The molecule has 5 heteroatoms. The van der Waals surface area contributed by atoms with Crippen LogP contribution in [0.1, 0.15) is 24.1 Å². The molecule has 0 spiro atoms. The monoisotopic (exact) mass is 322 g/mol. The predicted octanol–water partition coefficient (Wildman–Crippen LogP) is 3.19. The van der Waals surface area contributed by atoms with Crippen molar-refractivity contribution in [2.24, 2.45) is 0 Å². The number of nitriles is 1. The van der Waals surface area contributed by atoms with Gasteiger partial charge >= 0.3 is 0 Å². The van der Waals surface area contributed by atoms with Crippen molar-refractivity contribution < 1.29 is 14.6 Å². The number of benzene rings is 2. The highest BCUT2D eigenvalue weighted by molar-refractivity contribution is 6.01. The van der Waals surface area contributed by atoms with Crippen LogP contribution in [0.4, 0.5) is 0 Å². The molecule has 1 amide bonds. The Bertz CT molecular complexity index is 792. The number of hydrogen-bond acceptors (Lipinski definition) is 4. The lowest BCUT2D eigenvalue weighted by Gasteiger charge is -2.13. The van der Waals surface area contributed by atoms with E-state index in [2.05, 4.69) is 5.32 Å². The van der Waals surface area contributed by atoms with Crippen molar-refractivity contribution >= 4 is 12.0 Å². The predicted molar refractivity (Wildman–Crippen MR) is 91.2 cm³/mol. The van der Waals surface area contributed by atoms with Crippen LogP contribution in [0.3, 0.4) is 0 Å². The number of phenols is 1. The number of carbonyl (C=O) groups excluding carboxylic acids is 1. The third-order valence-corrected chi connectivity index (χ3v) is 3.53. The van der Waals surface area contributed by atoms with Crippen molar-refractivity contribution in [2.75, 3.05) is 7.11 Å². The Balaban J connectivity index is 2.17. The number of ether oxygens (including phenoxy) is 1. The number of carbonyl (C=O) groups is 1. The lowest BCUT2D eigenvalue weighted by atomic mass is 10.1. The van der Waals surface area contributed by atoms with Gasteiger partial charge in [-0.15, -0.1) is 0 Å². The van der Waals surface area contributed by atoms with Crippen molar-refractivity contribution in [3.8, 4) is 17.6 Å². The Morgan fingerprint density at radius 2 is 2.00 bits per heavy atom. The summed E-state index contributed by atoms with van der Waals surface area (Å²) in [6, 6.07) is 15.8. The summed E-state index contributed by atoms with van der Waals surface area (Å²) in [5.41, 5.74) is 1.44. The third-order valence-electron chi connectivity index (χ3n) is 3.53. The second kappa shape index (κ2) is 7.84. The van der Waals surface area contributed by atoms with E-state index in [9.17, 15) is 15.2 Å². The average Bonchev–Trinajstić information content (AvgIpc) is 2.60. The molecule has 0 fully saturated rings. The fraction of sp³-hybridized carbons (Fsp3) is 0.158. The molecule has 1 atom stereocenters. The number of nitrogens with one attached hydrogen (secondary N) is 1. The summed E-state index contributed by atoms with van der Waals surface area (Å²) in [4.78, 5) is 12.3. The van der Waals surface area contributed by atoms with Crippen LogP contribution < -0.4 is 10.1 Å². The quantitative estimate of drug-likeness (QED) is 0.654. The standard InChI is InChI=1S/C19H18N2O3/c1-13(15-6-4-3-5-7-15)21-19(23)16(12-20)10-14-8-9-18(24-2)17(22)11-14/h3-11,13,22H,1-2H3,(H,21,23)/b16-10+/t13-/m0/s1. The molecule has 0 radical (unpaired) electrons. The van der Waals surface area contributed by atoms with E-state index in [4.69, 9.17) is 4.74 Å². The first-order chi connectivity index (χ1) is 11.5. The van der Waals surface area contributed by atoms with Gasteiger partial charge in [-0.2, -0.15) is 5.26 Å². The maximum atomic E-state index is 12.3. The summed E-state index contributed by atoms with van der Waals surface area (Å²) < 4.78 is 4.97. The minimum absolute atomic E-state index is 0.0395. The molecule has 0 aliphatic heterocycles. The minimum Gasteiger partial charge on any atom is -0.504 e. The lowest BCUT2D eigenvalue weighted by Crippen LogP contribution is -2.27. The van der Waals surface area contributed by atoms with E-state index in [0.29, 0.717) is 11.3 Å². The first-order valence-corrected chi connectivity index (χ1v) is 7.39. The number of rotatable bonds is 5. The van der Waals surface area contributed by atoms with E-state index in [-0.39, 0.29) is 17.4 Å². The molecule has 0 bridgehead atoms. The van der Waals surface area contributed by atoms with Crippen molar-refractivity contribution in [3.63, 3.8) is 0 Å². The zero-order valence-corrected chi connectivity index (χ0v) is 13.5. The van der Waals surface area contributed by atoms with Gasteiger partial charge in [0.1, 0.15) is 11.6 Å². The Morgan fingerprint density at radius 1 is 1.29 bits per heavy atom. The van der Waals surface area contributed by atoms with Crippen LogP contribution in [0.5, 0.6) is 11.5 Å². The number of nitrogens with zero attached hydrogens (tertiary/aromatic N) is 1. The molecule has 24 heavy (non-hydrogen) atoms. The summed E-state index contributed by atoms with van der Waals surface area (Å²) >= 11 is 0. The molecule has 0 aliphatic rings. The van der Waals surface area contributed by atoms with Gasteiger partial charge in [0.2, 0.25) is 0 Å². The summed E-state index contributed by atoms with van der Waals surface area (Å²) in [5.74, 6) is -0.196. The van der Waals surface area contributed by atoms with Gasteiger partial charge in [-0.3, -0.25) is 4.79 Å². The third kappa shape index (κ3) is 4.14. The molecule has 0 aromatic heterocycles. The molecule has 0 saturated heterocycles. The van der Waals surface area contributed by atoms with Gasteiger partial charge in [-0.25, -0.2) is 0 Å². The molecule has 0 saturated carbocycles. The normalized spacial score (nSPS) is 12.1. The van der Waals surface area contributed by atoms with Crippen molar-refractivity contribution in [1.29, 1.82) is 5.26 Å². The van der Waals surface area contributed by atoms with Crippen LogP contribution in [0.15, 0.2) is 54.1 Å². The Kier molecular flexibility index (Phi) is 5.58.